The van der Waals surface area contributed by atoms with E-state index in [4.69, 9.17) is 0 Å². The molecule has 1 unspecified atom stereocenters. The summed E-state index contributed by atoms with van der Waals surface area (Å²) in [7, 11) is 4.12. The number of imidazole rings is 1. The quantitative estimate of drug-likeness (QED) is 0.496. The van der Waals surface area contributed by atoms with Crippen molar-refractivity contribution in [3.05, 3.63) is 83.0 Å². The highest BCUT2D eigenvalue weighted by Gasteiger charge is 2.28. The largest absolute Gasteiger partial charge is 0.352 e. The molecule has 1 atom stereocenters. The molecule has 1 saturated heterocycles. The molecule has 4 heterocycles. The summed E-state index contributed by atoms with van der Waals surface area (Å²) in [4.78, 5) is 35.8. The molecule has 2 N–H and O–H groups in total. The molecule has 1 fully saturated rings. The molecule has 0 radical (unpaired) electrons. The fraction of sp³-hybridized carbons (Fsp3) is 0.240. The first-order chi connectivity index (χ1) is 16.0. The number of nitrogens with zero attached hydrogens (tertiary/aromatic N) is 4. The fourth-order valence-electron chi connectivity index (χ4n) is 4.33. The van der Waals surface area contributed by atoms with Gasteiger partial charge < -0.3 is 20.1 Å². The Balaban J connectivity index is 1.35. The number of hydrogen-bond donors (Lipinski definition) is 2. The van der Waals surface area contributed by atoms with Gasteiger partial charge in [0.15, 0.2) is 5.65 Å². The molecule has 1 amide bonds. The molecule has 33 heavy (non-hydrogen) atoms. The second kappa shape index (κ2) is 8.55. The van der Waals surface area contributed by atoms with Gasteiger partial charge in [-0.05, 0) is 63.0 Å². The molecule has 0 spiro atoms. The zero-order valence-electron chi connectivity index (χ0n) is 18.7. The van der Waals surface area contributed by atoms with Crippen molar-refractivity contribution >= 4 is 22.9 Å². The second-order valence-corrected chi connectivity index (χ2v) is 8.55. The molecule has 5 rings (SSSR count). The number of carbonyl (C=O) groups excluding carboxylic acids is 1. The third-order valence-electron chi connectivity index (χ3n) is 6.21. The number of aromatic amines is 1. The zero-order chi connectivity index (χ0) is 22.9. The van der Waals surface area contributed by atoms with Crippen LogP contribution >= 0.6 is 0 Å². The summed E-state index contributed by atoms with van der Waals surface area (Å²) in [5, 5.41) is 3.40. The van der Waals surface area contributed by atoms with E-state index in [9.17, 15) is 9.59 Å². The van der Waals surface area contributed by atoms with Gasteiger partial charge in [-0.3, -0.25) is 14.0 Å². The molecule has 3 aromatic heterocycles. The summed E-state index contributed by atoms with van der Waals surface area (Å²) in [6.45, 7) is 1.56. The Hall–Kier alpha value is -3.91. The monoisotopic (exact) mass is 442 g/mol. The van der Waals surface area contributed by atoms with Gasteiger partial charge in [0.1, 0.15) is 0 Å². The smallest absolute Gasteiger partial charge is 0.253 e. The summed E-state index contributed by atoms with van der Waals surface area (Å²) < 4.78 is 1.95. The van der Waals surface area contributed by atoms with E-state index in [1.807, 2.05) is 58.0 Å². The van der Waals surface area contributed by atoms with Crippen LogP contribution in [0.5, 0.6) is 0 Å². The van der Waals surface area contributed by atoms with Gasteiger partial charge in [0, 0.05) is 60.6 Å². The summed E-state index contributed by atoms with van der Waals surface area (Å²) in [6.07, 6.45) is 6.25. The standard InChI is InChI=1S/C25H26N6O2/c1-29(2)20-10-13-30(16-20)25(33)17-3-5-19(6-4-17)28-21-7-8-22(31-14-12-27-24(21)31)18-9-11-26-23(32)15-18/h3-9,11-12,14-15,20,28H,10,13,16H2,1-2H3,(H,26,32). The fourth-order valence-corrected chi connectivity index (χ4v) is 4.33. The number of aromatic nitrogens is 3. The average molecular weight is 443 g/mol. The van der Waals surface area contributed by atoms with Crippen LogP contribution < -0.4 is 10.9 Å². The highest BCUT2D eigenvalue weighted by Crippen LogP contribution is 2.27. The number of hydrogen-bond acceptors (Lipinski definition) is 5. The lowest BCUT2D eigenvalue weighted by molar-refractivity contribution is 0.0783. The number of rotatable bonds is 5. The van der Waals surface area contributed by atoms with Crippen LogP contribution in [0.1, 0.15) is 16.8 Å². The minimum atomic E-state index is -0.149. The van der Waals surface area contributed by atoms with Crippen molar-refractivity contribution < 1.29 is 4.79 Å². The molecule has 1 aliphatic heterocycles. The lowest BCUT2D eigenvalue weighted by Gasteiger charge is -2.20. The van der Waals surface area contributed by atoms with Crippen LogP contribution in [0.2, 0.25) is 0 Å². The van der Waals surface area contributed by atoms with E-state index in [0.29, 0.717) is 11.6 Å². The van der Waals surface area contributed by atoms with Gasteiger partial charge in [-0.15, -0.1) is 0 Å². The topological polar surface area (TPSA) is 85.7 Å². The number of likely N-dealkylation sites (N-methyl/N-ethyl adjacent to an activating group) is 1. The Morgan fingerprint density at radius 1 is 1.15 bits per heavy atom. The molecule has 0 saturated carbocycles. The number of fused-ring (bicyclic) bond motifs is 1. The van der Waals surface area contributed by atoms with Gasteiger partial charge in [0.2, 0.25) is 5.56 Å². The van der Waals surface area contributed by atoms with Gasteiger partial charge in [0.25, 0.3) is 5.91 Å². The lowest BCUT2D eigenvalue weighted by atomic mass is 10.1. The van der Waals surface area contributed by atoms with E-state index < -0.39 is 0 Å². The second-order valence-electron chi connectivity index (χ2n) is 8.55. The number of pyridine rings is 2. The number of likely N-dealkylation sites (tertiary alicyclic amines) is 1. The number of amides is 1. The molecule has 4 aromatic rings. The third kappa shape index (κ3) is 4.12. The van der Waals surface area contributed by atoms with Crippen LogP contribution in [0.15, 0.2) is 71.9 Å². The molecule has 1 aromatic carbocycles. The Labute approximate surface area is 191 Å². The van der Waals surface area contributed by atoms with E-state index >= 15 is 0 Å². The van der Waals surface area contributed by atoms with Crippen molar-refractivity contribution in [3.63, 3.8) is 0 Å². The summed E-state index contributed by atoms with van der Waals surface area (Å²) in [6, 6.07) is 15.3. The molecule has 0 bridgehead atoms. The maximum absolute atomic E-state index is 12.9. The first kappa shape index (κ1) is 21.0. The number of H-pyrrole nitrogens is 1. The zero-order valence-corrected chi connectivity index (χ0v) is 18.7. The molecule has 168 valence electrons. The predicted molar refractivity (Wildman–Crippen MR) is 129 cm³/mol. The van der Waals surface area contributed by atoms with Crippen molar-refractivity contribution in [2.75, 3.05) is 32.5 Å². The minimum absolute atomic E-state index is 0.0729. The van der Waals surface area contributed by atoms with Crippen molar-refractivity contribution in [1.82, 2.24) is 24.2 Å². The predicted octanol–water partition coefficient (Wildman–Crippen LogP) is 3.21. The van der Waals surface area contributed by atoms with E-state index in [2.05, 4.69) is 34.3 Å². The molecule has 0 aliphatic carbocycles. The van der Waals surface area contributed by atoms with Crippen molar-refractivity contribution in [2.24, 2.45) is 0 Å². The lowest BCUT2D eigenvalue weighted by Crippen LogP contribution is -2.34. The Kier molecular flexibility index (Phi) is 5.43. The van der Waals surface area contributed by atoms with Crippen LogP contribution in [-0.2, 0) is 0 Å². The number of carbonyl (C=O) groups is 1. The van der Waals surface area contributed by atoms with Crippen molar-refractivity contribution in [1.29, 1.82) is 0 Å². The van der Waals surface area contributed by atoms with Gasteiger partial charge >= 0.3 is 0 Å². The van der Waals surface area contributed by atoms with Gasteiger partial charge in [0.05, 0.1) is 11.4 Å². The molecular weight excluding hydrogens is 416 g/mol. The summed E-state index contributed by atoms with van der Waals surface area (Å²) >= 11 is 0. The highest BCUT2D eigenvalue weighted by molar-refractivity contribution is 5.95. The maximum Gasteiger partial charge on any atom is 0.253 e. The van der Waals surface area contributed by atoms with Crippen LogP contribution in [0, 0.1) is 0 Å². The van der Waals surface area contributed by atoms with Gasteiger partial charge in [-0.25, -0.2) is 4.98 Å². The summed E-state index contributed by atoms with van der Waals surface area (Å²) in [5.74, 6) is 0.0729. The van der Waals surface area contributed by atoms with E-state index in [-0.39, 0.29) is 11.5 Å². The van der Waals surface area contributed by atoms with Crippen LogP contribution in [0.3, 0.4) is 0 Å². The Morgan fingerprint density at radius 3 is 2.70 bits per heavy atom. The minimum Gasteiger partial charge on any atom is -0.352 e. The number of benzene rings is 1. The SMILES string of the molecule is CN(C)C1CCN(C(=O)c2ccc(Nc3ccc(-c4cc[nH]c(=O)c4)n4ccnc34)cc2)C1. The molecule has 1 aliphatic rings. The van der Waals surface area contributed by atoms with Crippen LogP contribution in [0.25, 0.3) is 16.9 Å². The first-order valence-corrected chi connectivity index (χ1v) is 11.0. The molecular formula is C25H26N6O2. The average Bonchev–Trinajstić information content (AvgIpc) is 3.50. The van der Waals surface area contributed by atoms with Crippen LogP contribution in [0.4, 0.5) is 11.4 Å². The van der Waals surface area contributed by atoms with Crippen LogP contribution in [-0.4, -0.2) is 63.3 Å². The molecule has 8 heteroatoms. The number of anilines is 2. The summed E-state index contributed by atoms with van der Waals surface area (Å²) in [5.41, 5.74) is 4.68. The van der Waals surface area contributed by atoms with E-state index in [0.717, 1.165) is 47.8 Å². The van der Waals surface area contributed by atoms with Gasteiger partial charge in [-0.1, -0.05) is 0 Å². The van der Waals surface area contributed by atoms with Gasteiger partial charge in [-0.2, -0.15) is 0 Å². The number of nitrogens with one attached hydrogen (secondary N) is 2. The normalized spacial score (nSPS) is 16.0. The Bertz CT molecular complexity index is 1360. The third-order valence-corrected chi connectivity index (χ3v) is 6.21. The van der Waals surface area contributed by atoms with Crippen molar-refractivity contribution in [3.8, 4) is 11.3 Å². The molecule has 8 nitrogen and oxygen atoms in total. The van der Waals surface area contributed by atoms with E-state index in [1.54, 1.807) is 18.5 Å². The highest BCUT2D eigenvalue weighted by atomic mass is 16.2. The maximum atomic E-state index is 12.9. The Morgan fingerprint density at radius 2 is 1.97 bits per heavy atom. The van der Waals surface area contributed by atoms with E-state index in [1.165, 1.54) is 0 Å². The first-order valence-electron chi connectivity index (χ1n) is 11.0. The van der Waals surface area contributed by atoms with Crippen molar-refractivity contribution in [2.45, 2.75) is 12.5 Å².